The summed E-state index contributed by atoms with van der Waals surface area (Å²) >= 11 is 5.99. The largest absolute Gasteiger partial charge is 0.492 e. The van der Waals surface area contributed by atoms with Gasteiger partial charge in [-0.15, -0.1) is 0 Å². The smallest absolute Gasteiger partial charge is 0.171 e. The van der Waals surface area contributed by atoms with Crippen LogP contribution in [0.1, 0.15) is 21.5 Å². The second kappa shape index (κ2) is 5.45. The first-order valence-electron chi connectivity index (χ1n) is 6.47. The van der Waals surface area contributed by atoms with Crippen LogP contribution in [0.15, 0.2) is 30.3 Å². The first kappa shape index (κ1) is 14.0. The molecule has 0 fully saturated rings. The fourth-order valence-electron chi connectivity index (χ4n) is 2.43. The molecule has 0 amide bonds. The van der Waals surface area contributed by atoms with Crippen molar-refractivity contribution < 1.29 is 18.3 Å². The minimum absolute atomic E-state index is 0.0201. The molecule has 2 aromatic carbocycles. The molecular formula is C16H11ClF2O2. The van der Waals surface area contributed by atoms with Gasteiger partial charge in [0.1, 0.15) is 5.75 Å². The van der Waals surface area contributed by atoms with Crippen LogP contribution < -0.4 is 4.74 Å². The summed E-state index contributed by atoms with van der Waals surface area (Å²) in [6.45, 7) is 0.490. The van der Waals surface area contributed by atoms with Gasteiger partial charge in [0, 0.05) is 17.9 Å². The maximum absolute atomic E-state index is 13.6. The van der Waals surface area contributed by atoms with E-state index in [1.807, 2.05) is 0 Å². The molecular weight excluding hydrogens is 298 g/mol. The number of fused-ring (bicyclic) bond motifs is 1. The van der Waals surface area contributed by atoms with Crippen LogP contribution >= 0.6 is 11.6 Å². The minimum Gasteiger partial charge on any atom is -0.492 e. The van der Waals surface area contributed by atoms with E-state index in [-0.39, 0.29) is 17.8 Å². The van der Waals surface area contributed by atoms with Crippen LogP contribution in [0.3, 0.4) is 0 Å². The first-order valence-corrected chi connectivity index (χ1v) is 6.85. The molecule has 0 spiro atoms. The van der Waals surface area contributed by atoms with E-state index >= 15 is 0 Å². The third-order valence-electron chi connectivity index (χ3n) is 3.43. The molecule has 1 aliphatic rings. The summed E-state index contributed by atoms with van der Waals surface area (Å²) in [7, 11) is 0. The van der Waals surface area contributed by atoms with E-state index in [4.69, 9.17) is 16.3 Å². The van der Waals surface area contributed by atoms with Gasteiger partial charge in [-0.2, -0.15) is 0 Å². The van der Waals surface area contributed by atoms with Crippen molar-refractivity contribution in [1.29, 1.82) is 0 Å². The number of rotatable bonds is 3. The van der Waals surface area contributed by atoms with Crippen molar-refractivity contribution in [3.63, 3.8) is 0 Å². The summed E-state index contributed by atoms with van der Waals surface area (Å²) in [5, 5.41) is 0.433. The summed E-state index contributed by atoms with van der Waals surface area (Å²) in [4.78, 5) is 12.4. The molecule has 3 rings (SSSR count). The van der Waals surface area contributed by atoms with Crippen LogP contribution in [-0.2, 0) is 12.8 Å². The predicted molar refractivity (Wildman–Crippen MR) is 75.0 cm³/mol. The number of Topliss-reactive ketones (excluding diaryl/α,β-unsaturated/α-hetero) is 1. The van der Waals surface area contributed by atoms with Crippen molar-refractivity contribution >= 4 is 17.4 Å². The van der Waals surface area contributed by atoms with E-state index < -0.39 is 11.6 Å². The van der Waals surface area contributed by atoms with Crippen LogP contribution in [0.25, 0.3) is 0 Å². The summed E-state index contributed by atoms with van der Waals surface area (Å²) < 4.78 is 32.3. The fraction of sp³-hybridized carbons (Fsp3) is 0.188. The zero-order valence-corrected chi connectivity index (χ0v) is 11.7. The number of carbonyl (C=O) groups excluding carboxylic acids is 1. The van der Waals surface area contributed by atoms with Crippen molar-refractivity contribution in [1.82, 2.24) is 0 Å². The highest BCUT2D eigenvalue weighted by atomic mass is 35.5. The van der Waals surface area contributed by atoms with E-state index in [0.717, 1.165) is 11.6 Å². The number of ether oxygens (including phenoxy) is 1. The molecule has 2 nitrogen and oxygen atoms in total. The Morgan fingerprint density at radius 1 is 1.29 bits per heavy atom. The highest BCUT2D eigenvalue weighted by Crippen LogP contribution is 2.33. The highest BCUT2D eigenvalue weighted by Gasteiger charge is 2.23. The summed E-state index contributed by atoms with van der Waals surface area (Å²) in [5.74, 6) is -1.81. The van der Waals surface area contributed by atoms with Gasteiger partial charge in [-0.1, -0.05) is 23.7 Å². The number of hydrogen-bond acceptors (Lipinski definition) is 2. The lowest BCUT2D eigenvalue weighted by atomic mass is 9.99. The molecule has 0 N–H and O–H groups in total. The number of carbonyl (C=O) groups is 1. The van der Waals surface area contributed by atoms with Crippen molar-refractivity contribution in [2.75, 3.05) is 6.61 Å². The molecule has 0 radical (unpaired) electrons. The molecule has 108 valence electrons. The van der Waals surface area contributed by atoms with Gasteiger partial charge in [-0.25, -0.2) is 8.78 Å². The monoisotopic (exact) mass is 308 g/mol. The molecule has 0 unspecified atom stereocenters. The summed E-state index contributed by atoms with van der Waals surface area (Å²) in [6.07, 6.45) is 0.449. The topological polar surface area (TPSA) is 26.3 Å². The van der Waals surface area contributed by atoms with Gasteiger partial charge >= 0.3 is 0 Å². The quantitative estimate of drug-likeness (QED) is 0.802. The van der Waals surface area contributed by atoms with Gasteiger partial charge in [0.25, 0.3) is 0 Å². The lowest BCUT2D eigenvalue weighted by Crippen LogP contribution is -2.08. The second-order valence-electron chi connectivity index (χ2n) is 4.85. The zero-order chi connectivity index (χ0) is 15.0. The molecule has 0 bridgehead atoms. The third-order valence-corrected chi connectivity index (χ3v) is 3.65. The average molecular weight is 309 g/mol. The zero-order valence-electron chi connectivity index (χ0n) is 11.0. The molecule has 0 atom stereocenters. The molecule has 5 heteroatoms. The molecule has 2 aromatic rings. The normalized spacial score (nSPS) is 12.9. The summed E-state index contributed by atoms with van der Waals surface area (Å²) in [5.41, 5.74) is 1.20. The van der Waals surface area contributed by atoms with Crippen LogP contribution in [0.4, 0.5) is 8.78 Å². The Bertz CT molecular complexity index is 728. The molecule has 21 heavy (non-hydrogen) atoms. The van der Waals surface area contributed by atoms with Crippen LogP contribution in [0.5, 0.6) is 5.75 Å². The van der Waals surface area contributed by atoms with Gasteiger partial charge in [0.15, 0.2) is 17.4 Å². The Balaban J connectivity index is 1.95. The molecule has 0 saturated carbocycles. The maximum Gasteiger partial charge on any atom is 0.171 e. The van der Waals surface area contributed by atoms with Crippen LogP contribution in [-0.4, -0.2) is 12.4 Å². The van der Waals surface area contributed by atoms with Gasteiger partial charge in [0.05, 0.1) is 12.2 Å². The third kappa shape index (κ3) is 2.63. The minimum atomic E-state index is -0.995. The van der Waals surface area contributed by atoms with Crippen LogP contribution in [0, 0.1) is 11.6 Å². The van der Waals surface area contributed by atoms with E-state index in [1.54, 1.807) is 6.07 Å². The first-order chi connectivity index (χ1) is 10.1. The molecule has 1 heterocycles. The van der Waals surface area contributed by atoms with E-state index in [2.05, 4.69) is 0 Å². The molecule has 0 aliphatic carbocycles. The fourth-order valence-corrected chi connectivity index (χ4v) is 2.67. The van der Waals surface area contributed by atoms with Crippen molar-refractivity contribution in [2.24, 2.45) is 0 Å². The van der Waals surface area contributed by atoms with Gasteiger partial charge in [0.2, 0.25) is 0 Å². The lowest BCUT2D eigenvalue weighted by molar-refractivity contribution is 0.0988. The van der Waals surface area contributed by atoms with E-state index in [9.17, 15) is 13.6 Å². The Hall–Kier alpha value is -1.94. The number of hydrogen-bond donors (Lipinski definition) is 0. The lowest BCUT2D eigenvalue weighted by Gasteiger charge is -2.09. The number of benzene rings is 2. The Morgan fingerprint density at radius 2 is 2.10 bits per heavy atom. The Kier molecular flexibility index (Phi) is 3.64. The molecule has 0 saturated heterocycles. The Labute approximate surface area is 125 Å². The number of ketones is 1. The van der Waals surface area contributed by atoms with E-state index in [0.29, 0.717) is 29.4 Å². The van der Waals surface area contributed by atoms with Gasteiger partial charge in [-0.05, 0) is 29.3 Å². The Morgan fingerprint density at radius 3 is 2.90 bits per heavy atom. The molecule has 1 aliphatic heterocycles. The van der Waals surface area contributed by atoms with E-state index in [1.165, 1.54) is 18.2 Å². The summed E-state index contributed by atoms with van der Waals surface area (Å²) in [6, 6.07) is 7.04. The standard InChI is InChI=1S/C16H11ClF2O2/c17-11-6-10-4-5-21-16(10)12(8-11)14(20)7-9-2-1-3-13(18)15(9)19/h1-3,6,8H,4-5,7H2. The van der Waals surface area contributed by atoms with Crippen molar-refractivity contribution in [2.45, 2.75) is 12.8 Å². The van der Waals surface area contributed by atoms with Gasteiger partial charge < -0.3 is 4.74 Å². The second-order valence-corrected chi connectivity index (χ2v) is 5.29. The molecule has 0 aromatic heterocycles. The van der Waals surface area contributed by atoms with Crippen molar-refractivity contribution in [3.8, 4) is 5.75 Å². The van der Waals surface area contributed by atoms with Crippen molar-refractivity contribution in [3.05, 3.63) is 63.7 Å². The SMILES string of the molecule is O=C(Cc1cccc(F)c1F)c1cc(Cl)cc2c1OCC2. The highest BCUT2D eigenvalue weighted by molar-refractivity contribution is 6.31. The van der Waals surface area contributed by atoms with Crippen LogP contribution in [0.2, 0.25) is 5.02 Å². The predicted octanol–water partition coefficient (Wildman–Crippen LogP) is 3.98. The number of halogens is 3. The maximum atomic E-state index is 13.6. The van der Waals surface area contributed by atoms with Gasteiger partial charge in [-0.3, -0.25) is 4.79 Å². The average Bonchev–Trinajstić information content (AvgIpc) is 2.90.